The van der Waals surface area contributed by atoms with Crippen molar-refractivity contribution < 1.29 is 4.74 Å². The molecule has 1 heteroatoms. The van der Waals surface area contributed by atoms with Crippen LogP contribution < -0.4 is 0 Å². The predicted octanol–water partition coefficient (Wildman–Crippen LogP) is 10.5. The van der Waals surface area contributed by atoms with E-state index in [0.717, 1.165) is 0 Å². The Labute approximate surface area is 241 Å². The van der Waals surface area contributed by atoms with Gasteiger partial charge in [-0.05, 0) is 105 Å². The van der Waals surface area contributed by atoms with Gasteiger partial charge >= 0.3 is 0 Å². The maximum Gasteiger partial charge on any atom is 0.111 e. The van der Waals surface area contributed by atoms with Crippen LogP contribution in [0, 0.1) is 0 Å². The van der Waals surface area contributed by atoms with Gasteiger partial charge in [0.1, 0.15) is 11.2 Å². The van der Waals surface area contributed by atoms with E-state index >= 15 is 0 Å². The summed E-state index contributed by atoms with van der Waals surface area (Å²) < 4.78 is 6.70. The van der Waals surface area contributed by atoms with Crippen molar-refractivity contribution in [3.63, 3.8) is 0 Å². The van der Waals surface area contributed by atoms with E-state index in [1.165, 1.54) is 66.4 Å². The zero-order valence-corrected chi connectivity index (χ0v) is 23.3. The molecule has 0 saturated heterocycles. The van der Waals surface area contributed by atoms with Gasteiger partial charge in [-0.15, -0.1) is 0 Å². The fraction of sp³-hybridized carbons (Fsp3) is 0.100. The summed E-state index contributed by atoms with van der Waals surface area (Å²) in [5.74, 6) is 0. The summed E-state index contributed by atoms with van der Waals surface area (Å²) in [7, 11) is 0. The molecule has 8 rings (SSSR count). The topological polar surface area (TPSA) is 9.23 Å². The van der Waals surface area contributed by atoms with Gasteiger partial charge in [-0.25, -0.2) is 0 Å². The highest BCUT2D eigenvalue weighted by molar-refractivity contribution is 6.18. The minimum atomic E-state index is -0.426. The maximum absolute atomic E-state index is 6.70. The predicted molar refractivity (Wildman–Crippen MR) is 171 cm³/mol. The molecule has 196 valence electrons. The third kappa shape index (κ3) is 3.59. The van der Waals surface area contributed by atoms with Gasteiger partial charge in [-0.3, -0.25) is 0 Å². The molecule has 0 radical (unpaired) electrons. The fourth-order valence-electron chi connectivity index (χ4n) is 7.07. The van der Waals surface area contributed by atoms with Crippen LogP contribution in [0.3, 0.4) is 0 Å². The molecule has 0 amide bonds. The minimum Gasteiger partial charge on any atom is -0.351 e. The average molecular weight is 527 g/mol. The van der Waals surface area contributed by atoms with E-state index in [1.54, 1.807) is 0 Å². The van der Waals surface area contributed by atoms with E-state index in [0.29, 0.717) is 0 Å². The maximum atomic E-state index is 6.70. The van der Waals surface area contributed by atoms with Crippen LogP contribution in [0.15, 0.2) is 146 Å². The molecule has 2 aliphatic rings. The molecule has 6 aromatic carbocycles. The molecular weight excluding hydrogens is 496 g/mol. The first kappa shape index (κ1) is 24.1. The molecule has 0 N–H and O–H groups in total. The van der Waals surface area contributed by atoms with Crippen molar-refractivity contribution in [2.75, 3.05) is 0 Å². The van der Waals surface area contributed by atoms with Crippen LogP contribution in [0.5, 0.6) is 0 Å². The van der Waals surface area contributed by atoms with Gasteiger partial charge in [0.25, 0.3) is 0 Å². The third-order valence-corrected chi connectivity index (χ3v) is 8.91. The van der Waals surface area contributed by atoms with Crippen LogP contribution in [-0.4, -0.2) is 0 Å². The highest BCUT2D eigenvalue weighted by atomic mass is 16.5. The number of rotatable bonds is 4. The van der Waals surface area contributed by atoms with Gasteiger partial charge in [-0.1, -0.05) is 121 Å². The summed E-state index contributed by atoms with van der Waals surface area (Å²) in [6.45, 7) is 4.40. The molecule has 0 spiro atoms. The number of ether oxygens (including phenoxy) is 1. The van der Waals surface area contributed by atoms with Crippen molar-refractivity contribution in [1.29, 1.82) is 0 Å². The van der Waals surface area contributed by atoms with Gasteiger partial charge < -0.3 is 4.74 Å². The molecule has 2 heterocycles. The van der Waals surface area contributed by atoms with Crippen LogP contribution in [0.1, 0.15) is 25.0 Å². The number of hydrogen-bond acceptors (Lipinski definition) is 1. The Morgan fingerprint density at radius 3 is 1.00 bits per heavy atom. The first-order valence-corrected chi connectivity index (χ1v) is 14.4. The molecule has 0 aliphatic carbocycles. The van der Waals surface area contributed by atoms with E-state index in [4.69, 9.17) is 4.74 Å². The summed E-state index contributed by atoms with van der Waals surface area (Å²) in [4.78, 5) is 0. The third-order valence-electron chi connectivity index (χ3n) is 8.91. The Hall–Kier alpha value is -4.72. The Morgan fingerprint density at radius 1 is 0.390 bits per heavy atom. The lowest BCUT2D eigenvalue weighted by atomic mass is 9.75. The van der Waals surface area contributed by atoms with Gasteiger partial charge in [0.2, 0.25) is 0 Å². The number of hydrogen-bond donors (Lipinski definition) is 0. The molecule has 2 aliphatic heterocycles. The van der Waals surface area contributed by atoms with Gasteiger partial charge in [0.15, 0.2) is 0 Å². The standard InChI is InChI=1S/C40H30O/c1-39-23-24-40(2,41-39)34-26-32-31(25-33(34)39)35(27-15-7-3-8-16-27)37(29-19-11-5-12-20-29)38(30-21-13-6-14-22-30)36(32)28-17-9-4-10-18-28/h3-26H,1-2H3. The van der Waals surface area contributed by atoms with Crippen molar-refractivity contribution >= 4 is 10.8 Å². The fourth-order valence-corrected chi connectivity index (χ4v) is 7.07. The quantitative estimate of drug-likeness (QED) is 0.208. The van der Waals surface area contributed by atoms with Gasteiger partial charge in [-0.2, -0.15) is 0 Å². The largest absolute Gasteiger partial charge is 0.351 e. The molecule has 0 saturated carbocycles. The molecule has 2 atom stereocenters. The van der Waals surface area contributed by atoms with E-state index in [1.807, 2.05) is 0 Å². The summed E-state index contributed by atoms with van der Waals surface area (Å²) in [5.41, 5.74) is 11.5. The average Bonchev–Trinajstić information content (AvgIpc) is 3.47. The van der Waals surface area contributed by atoms with Crippen LogP contribution >= 0.6 is 0 Å². The molecule has 6 aromatic rings. The summed E-state index contributed by atoms with van der Waals surface area (Å²) in [5, 5.41) is 2.50. The molecule has 2 bridgehead atoms. The van der Waals surface area contributed by atoms with Crippen molar-refractivity contribution in [2.45, 2.75) is 25.0 Å². The molecular formula is C40H30O. The van der Waals surface area contributed by atoms with Crippen molar-refractivity contribution in [3.8, 4) is 44.5 Å². The van der Waals surface area contributed by atoms with Gasteiger partial charge in [0.05, 0.1) is 0 Å². The second kappa shape index (κ2) is 8.89. The number of benzene rings is 6. The van der Waals surface area contributed by atoms with E-state index in [9.17, 15) is 0 Å². The monoisotopic (exact) mass is 526 g/mol. The van der Waals surface area contributed by atoms with Crippen LogP contribution in [0.25, 0.3) is 55.3 Å². The second-order valence-electron chi connectivity index (χ2n) is 11.6. The molecule has 0 fully saturated rings. The van der Waals surface area contributed by atoms with Crippen molar-refractivity contribution in [3.05, 3.63) is 157 Å². The van der Waals surface area contributed by atoms with Crippen molar-refractivity contribution in [1.82, 2.24) is 0 Å². The van der Waals surface area contributed by atoms with E-state index in [-0.39, 0.29) is 0 Å². The zero-order valence-electron chi connectivity index (χ0n) is 23.3. The first-order valence-electron chi connectivity index (χ1n) is 14.4. The molecule has 0 aromatic heterocycles. The lowest BCUT2D eigenvalue weighted by molar-refractivity contribution is -0.0494. The lowest BCUT2D eigenvalue weighted by Crippen LogP contribution is -2.17. The lowest BCUT2D eigenvalue weighted by Gasteiger charge is -2.26. The normalized spacial score (nSPS) is 20.4. The molecule has 41 heavy (non-hydrogen) atoms. The molecule has 1 nitrogen and oxygen atoms in total. The first-order chi connectivity index (χ1) is 20.1. The van der Waals surface area contributed by atoms with Crippen LogP contribution in [0.4, 0.5) is 0 Å². The SMILES string of the molecule is CC12C=CC(C)(O1)c1cc3c(-c4ccccc4)c(-c4ccccc4)c(-c4ccccc4)c(-c4ccccc4)c3cc12. The Bertz CT molecular complexity index is 1810. The second-order valence-corrected chi connectivity index (χ2v) is 11.6. The van der Waals surface area contributed by atoms with E-state index < -0.39 is 11.2 Å². The summed E-state index contributed by atoms with van der Waals surface area (Å²) >= 11 is 0. The molecule has 2 unspecified atom stereocenters. The Kier molecular flexibility index (Phi) is 5.23. The highest BCUT2D eigenvalue weighted by Gasteiger charge is 2.51. The zero-order chi connectivity index (χ0) is 27.6. The Balaban J connectivity index is 1.65. The number of fused-ring (bicyclic) bond motifs is 6. The summed E-state index contributed by atoms with van der Waals surface area (Å²) in [6, 6.07) is 48.4. The van der Waals surface area contributed by atoms with Crippen LogP contribution in [0.2, 0.25) is 0 Å². The smallest absolute Gasteiger partial charge is 0.111 e. The minimum absolute atomic E-state index is 0.426. The van der Waals surface area contributed by atoms with E-state index in [2.05, 4.69) is 159 Å². The summed E-state index contributed by atoms with van der Waals surface area (Å²) in [6.07, 6.45) is 4.47. The van der Waals surface area contributed by atoms with Crippen LogP contribution in [-0.2, 0) is 15.9 Å². The Morgan fingerprint density at radius 2 is 0.683 bits per heavy atom. The van der Waals surface area contributed by atoms with Gasteiger partial charge in [0, 0.05) is 0 Å². The van der Waals surface area contributed by atoms with Crippen molar-refractivity contribution in [2.24, 2.45) is 0 Å². The highest BCUT2D eigenvalue weighted by Crippen LogP contribution is 2.57.